The van der Waals surface area contributed by atoms with Gasteiger partial charge in [0.15, 0.2) is 0 Å². The Labute approximate surface area is 268 Å². The molecular weight excluding hydrogens is 621 g/mol. The highest BCUT2D eigenvalue weighted by molar-refractivity contribution is 8.00. The molecule has 4 aromatic carbocycles. The predicted molar refractivity (Wildman–Crippen MR) is 175 cm³/mol. The molecule has 11 heteroatoms. The molecule has 0 bridgehead atoms. The maximum atomic E-state index is 13.4. The first-order chi connectivity index (χ1) is 21.2. The lowest BCUT2D eigenvalue weighted by Gasteiger charge is -2.13. The fourth-order valence-electron chi connectivity index (χ4n) is 3.84. The molecule has 3 N–H and O–H groups in total. The zero-order valence-corrected chi connectivity index (χ0v) is 25.8. The van der Waals surface area contributed by atoms with Crippen LogP contribution in [0.5, 0.6) is 0 Å². The van der Waals surface area contributed by atoms with Crippen LogP contribution in [-0.2, 0) is 14.3 Å². The smallest absolute Gasteiger partial charge is 0.338 e. The Kier molecular flexibility index (Phi) is 11.6. The summed E-state index contributed by atoms with van der Waals surface area (Å²) in [6.45, 7) is 2.01. The Morgan fingerprint density at radius 1 is 0.795 bits per heavy atom. The van der Waals surface area contributed by atoms with E-state index in [9.17, 15) is 19.2 Å². The van der Waals surface area contributed by atoms with E-state index < -0.39 is 17.8 Å². The summed E-state index contributed by atoms with van der Waals surface area (Å²) in [5.74, 6) is -1.64. The minimum Gasteiger partial charge on any atom is -0.462 e. The van der Waals surface area contributed by atoms with Crippen LogP contribution in [0.3, 0.4) is 0 Å². The molecule has 0 spiro atoms. The third kappa shape index (κ3) is 9.21. The first-order valence-corrected chi connectivity index (χ1v) is 15.1. The lowest BCUT2D eigenvalue weighted by Crippen LogP contribution is -2.30. The van der Waals surface area contributed by atoms with Crippen LogP contribution in [0, 0.1) is 0 Å². The van der Waals surface area contributed by atoms with E-state index in [1.807, 2.05) is 0 Å². The molecule has 4 rings (SSSR count). The molecule has 0 aliphatic heterocycles. The highest BCUT2D eigenvalue weighted by Gasteiger charge is 2.17. The molecule has 0 atom stereocenters. The van der Waals surface area contributed by atoms with Gasteiger partial charge in [-0.15, -0.1) is 11.8 Å². The van der Waals surface area contributed by atoms with Gasteiger partial charge in [0.05, 0.1) is 28.0 Å². The standard InChI is InChI=1S/C33H27Cl2N3O5S/c1-2-43-33(42)22-14-16-24(17-15-22)36-29(39)20-44-26-12-7-11-25(19-26)37-32(41)28(18-23-10-6-13-27(34)30(23)35)38-31(40)21-8-4-3-5-9-21/h3-19H,2,20H2,1H3,(H,36,39)(H,37,41)(H,38,40)/b28-18+. The number of halogens is 2. The number of ether oxygens (including phenoxy) is 1. The third-order valence-electron chi connectivity index (χ3n) is 5.95. The van der Waals surface area contributed by atoms with Crippen molar-refractivity contribution in [3.63, 3.8) is 0 Å². The van der Waals surface area contributed by atoms with Crippen LogP contribution in [0.4, 0.5) is 11.4 Å². The molecule has 0 aliphatic carbocycles. The van der Waals surface area contributed by atoms with E-state index in [-0.39, 0.29) is 29.0 Å². The van der Waals surface area contributed by atoms with Gasteiger partial charge in [-0.25, -0.2) is 4.79 Å². The van der Waals surface area contributed by atoms with Crippen LogP contribution in [0.1, 0.15) is 33.2 Å². The number of anilines is 2. The minimum atomic E-state index is -0.587. The number of nitrogens with one attached hydrogen (secondary N) is 3. The molecule has 4 aromatic rings. The van der Waals surface area contributed by atoms with Gasteiger partial charge < -0.3 is 20.7 Å². The summed E-state index contributed by atoms with van der Waals surface area (Å²) in [4.78, 5) is 51.4. The van der Waals surface area contributed by atoms with Crippen molar-refractivity contribution in [1.82, 2.24) is 5.32 Å². The largest absolute Gasteiger partial charge is 0.462 e. The van der Waals surface area contributed by atoms with Gasteiger partial charge in [-0.3, -0.25) is 14.4 Å². The Hall–Kier alpha value is -4.57. The monoisotopic (exact) mass is 647 g/mol. The number of thioether (sulfide) groups is 1. The summed E-state index contributed by atoms with van der Waals surface area (Å²) < 4.78 is 4.97. The first kappa shape index (κ1) is 32.3. The van der Waals surface area contributed by atoms with Gasteiger partial charge in [0, 0.05) is 21.8 Å². The maximum Gasteiger partial charge on any atom is 0.338 e. The van der Waals surface area contributed by atoms with Crippen LogP contribution in [0.25, 0.3) is 6.08 Å². The highest BCUT2D eigenvalue weighted by atomic mass is 35.5. The zero-order chi connectivity index (χ0) is 31.5. The number of rotatable bonds is 11. The second-order valence-electron chi connectivity index (χ2n) is 9.14. The molecule has 3 amide bonds. The second kappa shape index (κ2) is 15.8. The van der Waals surface area contributed by atoms with Crippen LogP contribution in [-0.4, -0.2) is 36.1 Å². The van der Waals surface area contributed by atoms with Crippen molar-refractivity contribution in [2.24, 2.45) is 0 Å². The van der Waals surface area contributed by atoms with E-state index in [4.69, 9.17) is 27.9 Å². The van der Waals surface area contributed by atoms with Crippen molar-refractivity contribution >= 4 is 76.1 Å². The number of hydrogen-bond acceptors (Lipinski definition) is 6. The van der Waals surface area contributed by atoms with Crippen LogP contribution in [0.15, 0.2) is 108 Å². The van der Waals surface area contributed by atoms with Gasteiger partial charge >= 0.3 is 5.97 Å². The molecule has 0 unspecified atom stereocenters. The molecule has 0 fully saturated rings. The molecule has 0 saturated carbocycles. The van der Waals surface area contributed by atoms with Crippen LogP contribution >= 0.6 is 35.0 Å². The summed E-state index contributed by atoms with van der Waals surface area (Å²) in [6, 6.07) is 26.8. The first-order valence-electron chi connectivity index (χ1n) is 13.4. The number of carbonyl (C=O) groups is 4. The van der Waals surface area contributed by atoms with E-state index in [0.717, 1.165) is 4.90 Å². The quantitative estimate of drug-likeness (QED) is 0.0893. The lowest BCUT2D eigenvalue weighted by molar-refractivity contribution is -0.114. The van der Waals surface area contributed by atoms with Crippen LogP contribution < -0.4 is 16.0 Å². The number of hydrogen-bond donors (Lipinski definition) is 3. The van der Waals surface area contributed by atoms with Crippen molar-refractivity contribution in [2.45, 2.75) is 11.8 Å². The second-order valence-corrected chi connectivity index (χ2v) is 11.0. The topological polar surface area (TPSA) is 114 Å². The third-order valence-corrected chi connectivity index (χ3v) is 7.78. The van der Waals surface area contributed by atoms with Gasteiger partial charge in [0.25, 0.3) is 11.8 Å². The van der Waals surface area contributed by atoms with Gasteiger partial charge in [0.1, 0.15) is 5.70 Å². The average molecular weight is 649 g/mol. The van der Waals surface area contributed by atoms with E-state index in [1.165, 1.54) is 17.8 Å². The minimum absolute atomic E-state index is 0.0468. The number of esters is 1. The maximum absolute atomic E-state index is 13.4. The van der Waals surface area contributed by atoms with Crippen molar-refractivity contribution in [1.29, 1.82) is 0 Å². The summed E-state index contributed by atoms with van der Waals surface area (Å²) in [5.41, 5.74) is 2.16. The Balaban J connectivity index is 1.42. The van der Waals surface area contributed by atoms with Crippen molar-refractivity contribution in [2.75, 3.05) is 23.0 Å². The lowest BCUT2D eigenvalue weighted by atomic mass is 10.1. The summed E-state index contributed by atoms with van der Waals surface area (Å²) in [5, 5.41) is 8.79. The molecule has 0 aromatic heterocycles. The average Bonchev–Trinajstić information content (AvgIpc) is 3.03. The molecule has 8 nitrogen and oxygen atoms in total. The molecular formula is C33H27Cl2N3O5S. The van der Waals surface area contributed by atoms with E-state index in [1.54, 1.807) is 104 Å². The van der Waals surface area contributed by atoms with Crippen molar-refractivity contribution < 1.29 is 23.9 Å². The molecule has 0 heterocycles. The molecule has 0 aliphatic rings. The van der Waals surface area contributed by atoms with Gasteiger partial charge in [-0.05, 0) is 79.2 Å². The molecule has 44 heavy (non-hydrogen) atoms. The Morgan fingerprint density at radius 3 is 2.25 bits per heavy atom. The van der Waals surface area contributed by atoms with Gasteiger partial charge in [-0.2, -0.15) is 0 Å². The summed E-state index contributed by atoms with van der Waals surface area (Å²) >= 11 is 13.8. The fourth-order valence-corrected chi connectivity index (χ4v) is 4.96. The molecule has 0 saturated heterocycles. The van der Waals surface area contributed by atoms with Gasteiger partial charge in [-0.1, -0.05) is 59.6 Å². The molecule has 0 radical (unpaired) electrons. The Morgan fingerprint density at radius 2 is 1.52 bits per heavy atom. The highest BCUT2D eigenvalue weighted by Crippen LogP contribution is 2.28. The van der Waals surface area contributed by atoms with Crippen molar-refractivity contribution in [3.8, 4) is 0 Å². The SMILES string of the molecule is CCOC(=O)c1ccc(NC(=O)CSc2cccc(NC(=O)/C(=C\c3cccc(Cl)c3Cl)NC(=O)c3ccccc3)c2)cc1. The number of benzene rings is 4. The molecule has 224 valence electrons. The van der Waals surface area contributed by atoms with Gasteiger partial charge in [0.2, 0.25) is 5.91 Å². The summed E-state index contributed by atoms with van der Waals surface area (Å²) in [6.07, 6.45) is 1.45. The number of amides is 3. The van der Waals surface area contributed by atoms with E-state index in [0.29, 0.717) is 33.1 Å². The normalized spacial score (nSPS) is 10.9. The Bertz CT molecular complexity index is 1700. The van der Waals surface area contributed by atoms with E-state index >= 15 is 0 Å². The fraction of sp³-hybridized carbons (Fsp3) is 0.0909. The summed E-state index contributed by atoms with van der Waals surface area (Å²) in [7, 11) is 0. The van der Waals surface area contributed by atoms with E-state index in [2.05, 4.69) is 16.0 Å². The zero-order valence-electron chi connectivity index (χ0n) is 23.4. The van der Waals surface area contributed by atoms with Crippen LogP contribution in [0.2, 0.25) is 10.0 Å². The predicted octanol–water partition coefficient (Wildman–Crippen LogP) is 7.31. The van der Waals surface area contributed by atoms with Crippen molar-refractivity contribution in [3.05, 3.63) is 129 Å². The number of carbonyl (C=O) groups excluding carboxylic acids is 4.